The Labute approximate surface area is 126 Å². The Morgan fingerprint density at radius 1 is 1.14 bits per heavy atom. The lowest BCUT2D eigenvalue weighted by Gasteiger charge is -2.29. The van der Waals surface area contributed by atoms with Gasteiger partial charge in [-0.1, -0.05) is 42.5 Å². The van der Waals surface area contributed by atoms with Gasteiger partial charge < -0.3 is 5.73 Å². The Morgan fingerprint density at radius 2 is 1.86 bits per heavy atom. The fourth-order valence-corrected chi connectivity index (χ4v) is 2.47. The molecule has 2 nitrogen and oxygen atoms in total. The molecule has 21 heavy (non-hydrogen) atoms. The molecule has 0 aromatic heterocycles. The van der Waals surface area contributed by atoms with Crippen molar-refractivity contribution in [2.75, 3.05) is 13.1 Å². The normalized spacial score (nSPS) is 12.6. The highest BCUT2D eigenvalue weighted by Gasteiger charge is 2.16. The van der Waals surface area contributed by atoms with Crippen molar-refractivity contribution in [2.24, 2.45) is 5.73 Å². The maximum absolute atomic E-state index is 13.8. The highest BCUT2D eigenvalue weighted by molar-refractivity contribution is 5.26. The van der Waals surface area contributed by atoms with E-state index in [1.54, 1.807) is 13.0 Å². The third kappa shape index (κ3) is 4.13. The van der Waals surface area contributed by atoms with E-state index in [9.17, 15) is 4.39 Å². The van der Waals surface area contributed by atoms with Gasteiger partial charge in [0.25, 0.3) is 0 Å². The summed E-state index contributed by atoms with van der Waals surface area (Å²) in [6.45, 7) is 6.07. The average molecular weight is 286 g/mol. The van der Waals surface area contributed by atoms with Crippen molar-refractivity contribution in [3.05, 3.63) is 71.0 Å². The van der Waals surface area contributed by atoms with E-state index < -0.39 is 0 Å². The lowest BCUT2D eigenvalue weighted by Crippen LogP contribution is -2.31. The molecule has 0 saturated carbocycles. The molecule has 2 rings (SSSR count). The van der Waals surface area contributed by atoms with Crippen LogP contribution in [0.2, 0.25) is 0 Å². The molecule has 3 heteroatoms. The number of nitrogens with zero attached hydrogens (tertiary/aromatic N) is 1. The van der Waals surface area contributed by atoms with Gasteiger partial charge >= 0.3 is 0 Å². The topological polar surface area (TPSA) is 29.3 Å². The van der Waals surface area contributed by atoms with Crippen LogP contribution in [0.15, 0.2) is 48.5 Å². The molecule has 0 bridgehead atoms. The summed E-state index contributed by atoms with van der Waals surface area (Å²) in [5.41, 5.74) is 8.65. The molecule has 0 aliphatic heterocycles. The highest BCUT2D eigenvalue weighted by Crippen LogP contribution is 2.23. The summed E-state index contributed by atoms with van der Waals surface area (Å²) in [5.74, 6) is -0.147. The largest absolute Gasteiger partial charge is 0.329 e. The Bertz CT molecular complexity index is 569. The minimum Gasteiger partial charge on any atom is -0.329 e. The molecule has 112 valence electrons. The van der Waals surface area contributed by atoms with E-state index in [1.807, 2.05) is 30.3 Å². The lowest BCUT2D eigenvalue weighted by molar-refractivity contribution is 0.207. The van der Waals surface area contributed by atoms with Gasteiger partial charge in [0.15, 0.2) is 0 Å². The van der Waals surface area contributed by atoms with Crippen molar-refractivity contribution in [3.8, 4) is 0 Å². The molecule has 2 N–H and O–H groups in total. The number of nitrogens with two attached hydrogens (primary N) is 1. The fraction of sp³-hybridized carbons (Fsp3) is 0.333. The van der Waals surface area contributed by atoms with Crippen LogP contribution in [-0.4, -0.2) is 18.0 Å². The smallest absolute Gasteiger partial charge is 0.126 e. The Hall–Kier alpha value is -1.71. The molecule has 0 aliphatic carbocycles. The molecule has 1 atom stereocenters. The Kier molecular flexibility index (Phi) is 5.48. The molecule has 0 aliphatic rings. The van der Waals surface area contributed by atoms with Crippen LogP contribution in [0, 0.1) is 12.7 Å². The van der Waals surface area contributed by atoms with Crippen molar-refractivity contribution in [1.82, 2.24) is 4.90 Å². The van der Waals surface area contributed by atoms with Crippen molar-refractivity contribution in [2.45, 2.75) is 26.4 Å². The second-order valence-electron chi connectivity index (χ2n) is 5.43. The first-order valence-electron chi connectivity index (χ1n) is 7.36. The van der Waals surface area contributed by atoms with E-state index in [0.717, 1.165) is 18.7 Å². The minimum absolute atomic E-state index is 0.129. The van der Waals surface area contributed by atoms with Crippen molar-refractivity contribution >= 4 is 0 Å². The summed E-state index contributed by atoms with van der Waals surface area (Å²) in [6.07, 6.45) is 0. The third-order valence-electron chi connectivity index (χ3n) is 3.87. The highest BCUT2D eigenvalue weighted by atomic mass is 19.1. The van der Waals surface area contributed by atoms with Gasteiger partial charge in [-0.15, -0.1) is 0 Å². The van der Waals surface area contributed by atoms with Gasteiger partial charge in [-0.2, -0.15) is 0 Å². The number of halogens is 1. The Morgan fingerprint density at radius 3 is 2.48 bits per heavy atom. The molecule has 0 fully saturated rings. The second-order valence-corrected chi connectivity index (χ2v) is 5.43. The summed E-state index contributed by atoms with van der Waals surface area (Å²) < 4.78 is 13.8. The number of hydrogen-bond donors (Lipinski definition) is 1. The van der Waals surface area contributed by atoms with E-state index in [-0.39, 0.29) is 11.9 Å². The van der Waals surface area contributed by atoms with Crippen LogP contribution in [0.5, 0.6) is 0 Å². The molecular weight excluding hydrogens is 263 g/mol. The van der Waals surface area contributed by atoms with Crippen LogP contribution in [0.25, 0.3) is 0 Å². The van der Waals surface area contributed by atoms with E-state index in [2.05, 4.69) is 24.0 Å². The predicted molar refractivity (Wildman–Crippen MR) is 85.5 cm³/mol. The molecule has 0 saturated heterocycles. The van der Waals surface area contributed by atoms with Crippen LogP contribution in [0.3, 0.4) is 0 Å². The number of rotatable bonds is 6. The molecule has 2 aromatic carbocycles. The van der Waals surface area contributed by atoms with Crippen LogP contribution in [0.4, 0.5) is 4.39 Å². The first-order valence-corrected chi connectivity index (χ1v) is 7.36. The van der Waals surface area contributed by atoms with E-state index >= 15 is 0 Å². The number of aryl methyl sites for hydroxylation is 1. The zero-order valence-electron chi connectivity index (χ0n) is 12.7. The first-order chi connectivity index (χ1) is 10.1. The molecular formula is C18H23FN2. The van der Waals surface area contributed by atoms with Gasteiger partial charge in [-0.05, 0) is 36.6 Å². The van der Waals surface area contributed by atoms with Crippen LogP contribution < -0.4 is 5.73 Å². The van der Waals surface area contributed by atoms with Crippen molar-refractivity contribution in [1.29, 1.82) is 0 Å². The quantitative estimate of drug-likeness (QED) is 0.878. The zero-order chi connectivity index (χ0) is 15.2. The average Bonchev–Trinajstić information content (AvgIpc) is 2.50. The molecule has 0 amide bonds. The lowest BCUT2D eigenvalue weighted by atomic mass is 10.0. The monoisotopic (exact) mass is 286 g/mol. The van der Waals surface area contributed by atoms with Gasteiger partial charge in [0, 0.05) is 25.7 Å². The van der Waals surface area contributed by atoms with Crippen molar-refractivity contribution in [3.63, 3.8) is 0 Å². The molecule has 1 unspecified atom stereocenters. The summed E-state index contributed by atoms with van der Waals surface area (Å²) in [6, 6.07) is 15.9. The summed E-state index contributed by atoms with van der Waals surface area (Å²) in [5, 5.41) is 0. The van der Waals surface area contributed by atoms with E-state index in [4.69, 9.17) is 5.73 Å². The van der Waals surface area contributed by atoms with Gasteiger partial charge in [-0.25, -0.2) is 4.39 Å². The maximum atomic E-state index is 13.8. The first kappa shape index (κ1) is 15.7. The van der Waals surface area contributed by atoms with Gasteiger partial charge in [-0.3, -0.25) is 4.90 Å². The summed E-state index contributed by atoms with van der Waals surface area (Å²) in [4.78, 5) is 2.28. The molecule has 2 aromatic rings. The van der Waals surface area contributed by atoms with Gasteiger partial charge in [0.2, 0.25) is 0 Å². The minimum atomic E-state index is -0.147. The summed E-state index contributed by atoms with van der Waals surface area (Å²) in [7, 11) is 0. The zero-order valence-corrected chi connectivity index (χ0v) is 12.7. The second kappa shape index (κ2) is 7.34. The predicted octanol–water partition coefficient (Wildman–Crippen LogP) is 3.66. The van der Waals surface area contributed by atoms with Gasteiger partial charge in [0.05, 0.1) is 0 Å². The van der Waals surface area contributed by atoms with E-state index in [1.165, 1.54) is 5.56 Å². The Balaban J connectivity index is 2.18. The third-order valence-corrected chi connectivity index (χ3v) is 3.87. The van der Waals surface area contributed by atoms with Crippen LogP contribution in [0.1, 0.15) is 29.7 Å². The fourth-order valence-electron chi connectivity index (χ4n) is 2.47. The number of benzene rings is 2. The summed E-state index contributed by atoms with van der Waals surface area (Å²) >= 11 is 0. The van der Waals surface area contributed by atoms with Crippen LogP contribution >= 0.6 is 0 Å². The maximum Gasteiger partial charge on any atom is 0.126 e. The number of hydrogen-bond acceptors (Lipinski definition) is 2. The molecule has 0 radical (unpaired) electrons. The van der Waals surface area contributed by atoms with Gasteiger partial charge in [0.1, 0.15) is 5.82 Å². The van der Waals surface area contributed by atoms with Crippen molar-refractivity contribution < 1.29 is 4.39 Å². The van der Waals surface area contributed by atoms with E-state index in [0.29, 0.717) is 12.1 Å². The molecule has 0 spiro atoms. The standard InChI is InChI=1S/C18H23FN2/c1-14-8-9-17(12-18(14)19)15(2)21(11-10-20)13-16-6-4-3-5-7-16/h3-9,12,15H,10-11,13,20H2,1-2H3. The van der Waals surface area contributed by atoms with Crippen LogP contribution in [-0.2, 0) is 6.54 Å². The molecule has 0 heterocycles. The SMILES string of the molecule is Cc1ccc(C(C)N(CCN)Cc2ccccc2)cc1F.